The third kappa shape index (κ3) is 3.26. The van der Waals surface area contributed by atoms with Gasteiger partial charge in [-0.1, -0.05) is 30.3 Å². The molecule has 6 nitrogen and oxygen atoms in total. The SMILES string of the molecule is COC(=O)c1cc2c(C)c(C(=O)OC)cc(OCc3ccccc3)c2[nH]1. The number of rotatable bonds is 5. The molecule has 0 amide bonds. The van der Waals surface area contributed by atoms with Crippen molar-refractivity contribution in [1.82, 2.24) is 4.98 Å². The molecular formula is C20H19NO5. The zero-order chi connectivity index (χ0) is 18.7. The third-order valence-electron chi connectivity index (χ3n) is 4.20. The molecule has 0 spiro atoms. The number of H-pyrrole nitrogens is 1. The normalized spacial score (nSPS) is 10.6. The van der Waals surface area contributed by atoms with Crippen LogP contribution in [0.1, 0.15) is 32.0 Å². The van der Waals surface area contributed by atoms with Crippen LogP contribution in [0.25, 0.3) is 10.9 Å². The second kappa shape index (κ2) is 7.31. The van der Waals surface area contributed by atoms with Crippen LogP contribution in [0.4, 0.5) is 0 Å². The van der Waals surface area contributed by atoms with Crippen LogP contribution in [0.5, 0.6) is 5.75 Å². The molecule has 0 saturated heterocycles. The number of carbonyl (C=O) groups is 2. The predicted octanol–water partition coefficient (Wildman–Crippen LogP) is 3.63. The van der Waals surface area contributed by atoms with Gasteiger partial charge in [-0.3, -0.25) is 0 Å². The molecule has 3 aromatic rings. The predicted molar refractivity (Wildman–Crippen MR) is 96.5 cm³/mol. The largest absolute Gasteiger partial charge is 0.487 e. The van der Waals surface area contributed by atoms with Crippen LogP contribution in [0.3, 0.4) is 0 Å². The summed E-state index contributed by atoms with van der Waals surface area (Å²) in [6.07, 6.45) is 0. The number of methoxy groups -OCH3 is 2. The van der Waals surface area contributed by atoms with E-state index in [9.17, 15) is 9.59 Å². The number of hydrogen-bond donors (Lipinski definition) is 1. The van der Waals surface area contributed by atoms with Gasteiger partial charge in [0.25, 0.3) is 0 Å². The highest BCUT2D eigenvalue weighted by molar-refractivity contribution is 6.03. The maximum atomic E-state index is 12.1. The van der Waals surface area contributed by atoms with E-state index in [0.29, 0.717) is 34.4 Å². The summed E-state index contributed by atoms with van der Waals surface area (Å²) in [5, 5.41) is 0.705. The standard InChI is InChI=1S/C20H19NO5/c1-12-14-9-16(20(23)25-3)21-18(14)17(10-15(12)19(22)24-2)26-11-13-7-5-4-6-8-13/h4-10,21H,11H2,1-3H3. The van der Waals surface area contributed by atoms with E-state index < -0.39 is 11.9 Å². The highest BCUT2D eigenvalue weighted by Crippen LogP contribution is 2.33. The summed E-state index contributed by atoms with van der Waals surface area (Å²) < 4.78 is 15.6. The van der Waals surface area contributed by atoms with Gasteiger partial charge in [-0.25, -0.2) is 9.59 Å². The van der Waals surface area contributed by atoms with Crippen molar-refractivity contribution < 1.29 is 23.8 Å². The number of benzene rings is 2. The average molecular weight is 353 g/mol. The Morgan fingerprint density at radius 1 is 1.00 bits per heavy atom. The number of aromatic nitrogens is 1. The lowest BCUT2D eigenvalue weighted by Gasteiger charge is -2.12. The fourth-order valence-corrected chi connectivity index (χ4v) is 2.79. The number of ether oxygens (including phenoxy) is 3. The number of nitrogens with one attached hydrogen (secondary N) is 1. The minimum Gasteiger partial charge on any atom is -0.487 e. The van der Waals surface area contributed by atoms with Crippen LogP contribution in [0, 0.1) is 6.92 Å². The van der Waals surface area contributed by atoms with E-state index in [2.05, 4.69) is 4.98 Å². The van der Waals surface area contributed by atoms with Gasteiger partial charge in [-0.05, 0) is 30.2 Å². The molecule has 2 aromatic carbocycles. The van der Waals surface area contributed by atoms with Crippen molar-refractivity contribution in [2.45, 2.75) is 13.5 Å². The molecule has 1 aromatic heterocycles. The third-order valence-corrected chi connectivity index (χ3v) is 4.20. The average Bonchev–Trinajstić information content (AvgIpc) is 3.13. The molecule has 0 radical (unpaired) electrons. The van der Waals surface area contributed by atoms with Crippen molar-refractivity contribution in [2.75, 3.05) is 14.2 Å². The van der Waals surface area contributed by atoms with E-state index in [-0.39, 0.29) is 5.69 Å². The Hall–Kier alpha value is -3.28. The molecule has 0 fully saturated rings. The zero-order valence-electron chi connectivity index (χ0n) is 14.8. The van der Waals surface area contributed by atoms with Gasteiger partial charge in [-0.15, -0.1) is 0 Å². The maximum absolute atomic E-state index is 12.1. The molecule has 0 aliphatic heterocycles. The van der Waals surface area contributed by atoms with Crippen LogP contribution >= 0.6 is 0 Å². The van der Waals surface area contributed by atoms with Crippen molar-refractivity contribution in [1.29, 1.82) is 0 Å². The summed E-state index contributed by atoms with van der Waals surface area (Å²) in [6, 6.07) is 12.9. The van der Waals surface area contributed by atoms with Crippen molar-refractivity contribution >= 4 is 22.8 Å². The quantitative estimate of drug-likeness (QED) is 0.709. The van der Waals surface area contributed by atoms with Gasteiger partial charge in [0.15, 0.2) is 0 Å². The minimum absolute atomic E-state index is 0.289. The second-order valence-corrected chi connectivity index (χ2v) is 5.78. The fourth-order valence-electron chi connectivity index (χ4n) is 2.79. The summed E-state index contributed by atoms with van der Waals surface area (Å²) in [4.78, 5) is 27.0. The number of aryl methyl sites for hydroxylation is 1. The highest BCUT2D eigenvalue weighted by Gasteiger charge is 2.20. The summed E-state index contributed by atoms with van der Waals surface area (Å²) in [5.74, 6) is -0.492. The van der Waals surface area contributed by atoms with Crippen molar-refractivity contribution in [3.05, 3.63) is 64.8 Å². The molecule has 3 rings (SSSR count). The molecule has 0 bridgehead atoms. The number of aromatic amines is 1. The molecule has 0 atom stereocenters. The summed E-state index contributed by atoms with van der Waals surface area (Å²) in [7, 11) is 2.64. The van der Waals surface area contributed by atoms with Gasteiger partial charge in [0.05, 0.1) is 25.3 Å². The first-order chi connectivity index (χ1) is 12.5. The van der Waals surface area contributed by atoms with Gasteiger partial charge < -0.3 is 19.2 Å². The Balaban J connectivity index is 2.09. The van der Waals surface area contributed by atoms with Crippen LogP contribution < -0.4 is 4.74 Å². The van der Waals surface area contributed by atoms with Gasteiger partial charge >= 0.3 is 11.9 Å². The maximum Gasteiger partial charge on any atom is 0.354 e. The molecule has 0 aliphatic rings. The monoisotopic (exact) mass is 353 g/mol. The van der Waals surface area contributed by atoms with Crippen LogP contribution in [0.2, 0.25) is 0 Å². The van der Waals surface area contributed by atoms with Gasteiger partial charge in [-0.2, -0.15) is 0 Å². The van der Waals surface area contributed by atoms with Gasteiger partial charge in [0, 0.05) is 5.39 Å². The van der Waals surface area contributed by atoms with Crippen molar-refractivity contribution in [3.8, 4) is 5.75 Å². The van der Waals surface area contributed by atoms with E-state index in [1.54, 1.807) is 19.1 Å². The highest BCUT2D eigenvalue weighted by atomic mass is 16.5. The Bertz CT molecular complexity index is 959. The van der Waals surface area contributed by atoms with Crippen molar-refractivity contribution in [2.24, 2.45) is 0 Å². The Labute approximate surface area is 150 Å². The molecule has 0 aliphatic carbocycles. The second-order valence-electron chi connectivity index (χ2n) is 5.78. The minimum atomic E-state index is -0.491. The first kappa shape index (κ1) is 17.5. The molecule has 134 valence electrons. The molecular weight excluding hydrogens is 334 g/mol. The van der Waals surface area contributed by atoms with E-state index in [1.807, 2.05) is 30.3 Å². The van der Waals surface area contributed by atoms with Crippen LogP contribution in [-0.4, -0.2) is 31.1 Å². The van der Waals surface area contributed by atoms with Gasteiger partial charge in [0.2, 0.25) is 0 Å². The van der Waals surface area contributed by atoms with Gasteiger partial charge in [0.1, 0.15) is 18.1 Å². The molecule has 0 unspecified atom stereocenters. The molecule has 1 heterocycles. The number of carbonyl (C=O) groups excluding carboxylic acids is 2. The molecule has 26 heavy (non-hydrogen) atoms. The Morgan fingerprint density at radius 3 is 2.35 bits per heavy atom. The first-order valence-electron chi connectivity index (χ1n) is 8.04. The lowest BCUT2D eigenvalue weighted by atomic mass is 10.0. The molecule has 6 heteroatoms. The van der Waals surface area contributed by atoms with E-state index in [0.717, 1.165) is 5.56 Å². The lowest BCUT2D eigenvalue weighted by molar-refractivity contribution is 0.0588. The first-order valence-corrected chi connectivity index (χ1v) is 8.04. The Morgan fingerprint density at radius 2 is 1.69 bits per heavy atom. The summed E-state index contributed by atoms with van der Waals surface area (Å²) in [5.41, 5.74) is 2.99. The Kier molecular flexibility index (Phi) is 4.93. The van der Waals surface area contributed by atoms with E-state index in [4.69, 9.17) is 14.2 Å². The van der Waals surface area contributed by atoms with Crippen LogP contribution in [0.15, 0.2) is 42.5 Å². The topological polar surface area (TPSA) is 77.6 Å². The summed E-state index contributed by atoms with van der Waals surface area (Å²) >= 11 is 0. The van der Waals surface area contributed by atoms with E-state index in [1.165, 1.54) is 14.2 Å². The van der Waals surface area contributed by atoms with Crippen LogP contribution in [-0.2, 0) is 16.1 Å². The van der Waals surface area contributed by atoms with Crippen molar-refractivity contribution in [3.63, 3.8) is 0 Å². The molecule has 0 saturated carbocycles. The lowest BCUT2D eigenvalue weighted by Crippen LogP contribution is -2.05. The number of hydrogen-bond acceptors (Lipinski definition) is 5. The summed E-state index contributed by atoms with van der Waals surface area (Å²) in [6.45, 7) is 2.12. The zero-order valence-corrected chi connectivity index (χ0v) is 14.8. The smallest absolute Gasteiger partial charge is 0.354 e. The fraction of sp³-hybridized carbons (Fsp3) is 0.200. The number of fused-ring (bicyclic) bond motifs is 1. The number of esters is 2. The van der Waals surface area contributed by atoms with E-state index >= 15 is 0 Å². The molecule has 1 N–H and O–H groups in total.